The molecule has 17 heavy (non-hydrogen) atoms. The van der Waals surface area contributed by atoms with Crippen LogP contribution in [0.5, 0.6) is 5.88 Å². The van der Waals surface area contributed by atoms with Gasteiger partial charge >= 0.3 is 0 Å². The lowest BCUT2D eigenvalue weighted by Crippen LogP contribution is -2.26. The van der Waals surface area contributed by atoms with Gasteiger partial charge in [-0.2, -0.15) is 0 Å². The topological polar surface area (TPSA) is 25.4 Å². The Hall–Kier alpha value is -0.610. The summed E-state index contributed by atoms with van der Waals surface area (Å²) in [5.74, 6) is 0.728. The molecule has 1 saturated heterocycles. The second-order valence-corrected chi connectivity index (χ2v) is 5.48. The molecule has 0 aliphatic carbocycles. The van der Waals surface area contributed by atoms with Crippen molar-refractivity contribution in [1.29, 1.82) is 0 Å². The van der Waals surface area contributed by atoms with E-state index in [4.69, 9.17) is 4.74 Å². The molecule has 4 heteroatoms. The predicted octanol–water partition coefficient (Wildman–Crippen LogP) is 3.02. The van der Waals surface area contributed by atoms with Crippen molar-refractivity contribution in [3.63, 3.8) is 0 Å². The summed E-state index contributed by atoms with van der Waals surface area (Å²) in [6.07, 6.45) is 3.71. The van der Waals surface area contributed by atoms with Crippen LogP contribution in [0.4, 0.5) is 0 Å². The number of aryl methyl sites for hydroxylation is 1. The van der Waals surface area contributed by atoms with E-state index in [1.165, 1.54) is 19.4 Å². The normalized spacial score (nSPS) is 20.8. The molecule has 0 saturated carbocycles. The van der Waals surface area contributed by atoms with Crippen molar-refractivity contribution in [2.45, 2.75) is 32.2 Å². The Labute approximate surface area is 111 Å². The average Bonchev–Trinajstić information content (AvgIpc) is 2.70. The van der Waals surface area contributed by atoms with Gasteiger partial charge in [-0.15, -0.1) is 0 Å². The van der Waals surface area contributed by atoms with Crippen LogP contribution in [0.1, 0.15) is 25.0 Å². The maximum atomic E-state index is 5.69. The molecule has 1 fully saturated rings. The van der Waals surface area contributed by atoms with Gasteiger partial charge in [0.05, 0.1) is 12.3 Å². The summed E-state index contributed by atoms with van der Waals surface area (Å²) >= 11 is 3.43. The molecule has 2 rings (SSSR count). The molecule has 94 valence electrons. The lowest BCUT2D eigenvalue weighted by molar-refractivity contribution is 0.228. The molecule has 0 bridgehead atoms. The summed E-state index contributed by atoms with van der Waals surface area (Å²) in [7, 11) is 2.19. The monoisotopic (exact) mass is 298 g/mol. The van der Waals surface area contributed by atoms with Crippen molar-refractivity contribution in [2.75, 3.05) is 20.2 Å². The van der Waals surface area contributed by atoms with E-state index >= 15 is 0 Å². The van der Waals surface area contributed by atoms with Gasteiger partial charge in [-0.3, -0.25) is 0 Å². The molecule has 1 aromatic rings. The van der Waals surface area contributed by atoms with Crippen LogP contribution in [-0.4, -0.2) is 36.1 Å². The lowest BCUT2D eigenvalue weighted by Gasteiger charge is -2.19. The Morgan fingerprint density at radius 1 is 1.53 bits per heavy atom. The molecule has 0 amide bonds. The van der Waals surface area contributed by atoms with Crippen molar-refractivity contribution in [3.8, 4) is 5.88 Å². The minimum absolute atomic E-state index is 0.687. The highest BCUT2D eigenvalue weighted by atomic mass is 79.9. The molecular formula is C13H19BrN2O. The number of ether oxygens (including phenoxy) is 1. The minimum atomic E-state index is 0.687. The number of rotatable bonds is 4. The first-order valence-corrected chi connectivity index (χ1v) is 6.92. The summed E-state index contributed by atoms with van der Waals surface area (Å²) in [6, 6.07) is 4.58. The number of likely N-dealkylation sites (tertiary alicyclic amines) is 1. The molecule has 0 N–H and O–H groups in total. The van der Waals surface area contributed by atoms with E-state index in [1.54, 1.807) is 0 Å². The van der Waals surface area contributed by atoms with Gasteiger partial charge < -0.3 is 9.64 Å². The number of hydrogen-bond donors (Lipinski definition) is 0. The van der Waals surface area contributed by atoms with E-state index in [0.717, 1.165) is 29.1 Å². The van der Waals surface area contributed by atoms with E-state index in [9.17, 15) is 0 Å². The predicted molar refractivity (Wildman–Crippen MR) is 72.4 cm³/mol. The van der Waals surface area contributed by atoms with Crippen molar-refractivity contribution >= 4 is 15.9 Å². The van der Waals surface area contributed by atoms with Gasteiger partial charge in [0, 0.05) is 16.6 Å². The average molecular weight is 299 g/mol. The molecule has 1 aliphatic rings. The van der Waals surface area contributed by atoms with E-state index in [1.807, 2.05) is 19.1 Å². The molecule has 3 nitrogen and oxygen atoms in total. The Balaban J connectivity index is 1.79. The van der Waals surface area contributed by atoms with Crippen LogP contribution in [0.25, 0.3) is 0 Å². The van der Waals surface area contributed by atoms with Gasteiger partial charge in [0.15, 0.2) is 0 Å². The third kappa shape index (κ3) is 3.42. The third-order valence-electron chi connectivity index (χ3n) is 3.37. The van der Waals surface area contributed by atoms with Crippen molar-refractivity contribution in [1.82, 2.24) is 9.88 Å². The Bertz CT molecular complexity index is 384. The molecule has 0 radical (unpaired) electrons. The lowest BCUT2D eigenvalue weighted by atomic mass is 10.1. The van der Waals surface area contributed by atoms with E-state index in [-0.39, 0.29) is 0 Å². The van der Waals surface area contributed by atoms with Crippen LogP contribution in [-0.2, 0) is 0 Å². The quantitative estimate of drug-likeness (QED) is 0.854. The summed E-state index contributed by atoms with van der Waals surface area (Å²) in [6.45, 7) is 3.95. The van der Waals surface area contributed by atoms with Crippen LogP contribution in [0, 0.1) is 6.92 Å². The SMILES string of the molecule is Cc1nc(OCCC2CCCN2C)ccc1Br. The van der Waals surface area contributed by atoms with Crippen molar-refractivity contribution in [2.24, 2.45) is 0 Å². The fourth-order valence-corrected chi connectivity index (χ4v) is 2.47. The smallest absolute Gasteiger partial charge is 0.213 e. The molecule has 0 spiro atoms. The van der Waals surface area contributed by atoms with Gasteiger partial charge in [-0.1, -0.05) is 0 Å². The van der Waals surface area contributed by atoms with Crippen molar-refractivity contribution in [3.05, 3.63) is 22.3 Å². The highest BCUT2D eigenvalue weighted by Crippen LogP contribution is 2.20. The number of aromatic nitrogens is 1. The molecule has 1 atom stereocenters. The summed E-state index contributed by atoms with van der Waals surface area (Å²) in [5.41, 5.74) is 0.973. The maximum Gasteiger partial charge on any atom is 0.213 e. The minimum Gasteiger partial charge on any atom is -0.478 e. The van der Waals surface area contributed by atoms with Crippen LogP contribution >= 0.6 is 15.9 Å². The third-order valence-corrected chi connectivity index (χ3v) is 4.21. The first-order valence-electron chi connectivity index (χ1n) is 6.13. The summed E-state index contributed by atoms with van der Waals surface area (Å²) in [5, 5.41) is 0. The number of hydrogen-bond acceptors (Lipinski definition) is 3. The van der Waals surface area contributed by atoms with Gasteiger partial charge in [0.25, 0.3) is 0 Å². The van der Waals surface area contributed by atoms with Crippen LogP contribution < -0.4 is 4.74 Å². The summed E-state index contributed by atoms with van der Waals surface area (Å²) < 4.78 is 6.72. The molecular weight excluding hydrogens is 280 g/mol. The van der Waals surface area contributed by atoms with Gasteiger partial charge in [0.1, 0.15) is 0 Å². The number of pyridine rings is 1. The van der Waals surface area contributed by atoms with Crippen LogP contribution in [0.15, 0.2) is 16.6 Å². The van der Waals surface area contributed by atoms with E-state index < -0.39 is 0 Å². The zero-order valence-corrected chi connectivity index (χ0v) is 12.0. The van der Waals surface area contributed by atoms with Gasteiger partial charge in [-0.05, 0) is 61.8 Å². The highest BCUT2D eigenvalue weighted by Gasteiger charge is 2.20. The Kier molecular flexibility index (Phi) is 4.40. The molecule has 1 aromatic heterocycles. The first-order chi connectivity index (χ1) is 8.16. The summed E-state index contributed by atoms with van der Waals surface area (Å²) in [4.78, 5) is 6.79. The first kappa shape index (κ1) is 12.8. The van der Waals surface area contributed by atoms with Crippen molar-refractivity contribution < 1.29 is 4.74 Å². The number of halogens is 1. The van der Waals surface area contributed by atoms with Gasteiger partial charge in [-0.25, -0.2) is 4.98 Å². The van der Waals surface area contributed by atoms with Crippen LogP contribution in [0.2, 0.25) is 0 Å². The fraction of sp³-hybridized carbons (Fsp3) is 0.615. The Morgan fingerprint density at radius 2 is 2.35 bits per heavy atom. The van der Waals surface area contributed by atoms with E-state index in [2.05, 4.69) is 32.9 Å². The van der Waals surface area contributed by atoms with Crippen LogP contribution in [0.3, 0.4) is 0 Å². The zero-order chi connectivity index (χ0) is 12.3. The second kappa shape index (κ2) is 5.83. The molecule has 1 unspecified atom stereocenters. The fourth-order valence-electron chi connectivity index (χ4n) is 2.24. The standard InChI is InChI=1S/C13H19BrN2O/c1-10-12(14)5-6-13(15-10)17-9-7-11-4-3-8-16(11)2/h5-6,11H,3-4,7-9H2,1-2H3. The second-order valence-electron chi connectivity index (χ2n) is 4.63. The highest BCUT2D eigenvalue weighted by molar-refractivity contribution is 9.10. The molecule has 0 aromatic carbocycles. The molecule has 1 aliphatic heterocycles. The zero-order valence-electron chi connectivity index (χ0n) is 10.4. The van der Waals surface area contributed by atoms with Gasteiger partial charge in [0.2, 0.25) is 5.88 Å². The van der Waals surface area contributed by atoms with E-state index in [0.29, 0.717) is 6.04 Å². The largest absolute Gasteiger partial charge is 0.478 e. The molecule has 2 heterocycles. The number of nitrogens with zero attached hydrogens (tertiary/aromatic N) is 2. The Morgan fingerprint density at radius 3 is 3.00 bits per heavy atom. The maximum absolute atomic E-state index is 5.69.